The van der Waals surface area contributed by atoms with Crippen molar-refractivity contribution in [2.24, 2.45) is 0 Å². The first-order valence-corrected chi connectivity index (χ1v) is 13.1. The second-order valence-electron chi connectivity index (χ2n) is 9.67. The Balaban J connectivity index is 1.27. The summed E-state index contributed by atoms with van der Waals surface area (Å²) in [6.45, 7) is 5.67. The van der Waals surface area contributed by atoms with E-state index < -0.39 is 5.97 Å². The van der Waals surface area contributed by atoms with Gasteiger partial charge in [-0.2, -0.15) is 0 Å². The van der Waals surface area contributed by atoms with Crippen LogP contribution in [-0.4, -0.2) is 38.9 Å². The van der Waals surface area contributed by atoms with Gasteiger partial charge in [-0.3, -0.25) is 0 Å². The van der Waals surface area contributed by atoms with Crippen LogP contribution in [0.2, 0.25) is 0 Å². The van der Waals surface area contributed by atoms with Gasteiger partial charge in [0.15, 0.2) is 6.61 Å². The standard InChI is InChI=1S/C32H34N2O4/c1-22-19-25(15-16-30(22)37-21-32(35)36-3)34-20-26(38-31-14-7-6-13-29(31)34)17-18-33-23(2)27-12-8-10-24-9-4-5-11-28(24)27/h4-16,19,23,26,33H,17-18,20-21H2,1-3H3. The molecule has 5 rings (SSSR count). The van der Waals surface area contributed by atoms with Crippen LogP contribution in [0.4, 0.5) is 11.4 Å². The Morgan fingerprint density at radius 2 is 1.84 bits per heavy atom. The number of methoxy groups -OCH3 is 1. The molecule has 1 N–H and O–H groups in total. The molecule has 4 aromatic rings. The summed E-state index contributed by atoms with van der Waals surface area (Å²) in [5, 5.41) is 6.26. The summed E-state index contributed by atoms with van der Waals surface area (Å²) >= 11 is 0. The highest BCUT2D eigenvalue weighted by molar-refractivity contribution is 5.86. The number of benzene rings is 4. The van der Waals surface area contributed by atoms with Crippen molar-refractivity contribution in [2.45, 2.75) is 32.4 Å². The normalized spacial score (nSPS) is 15.4. The van der Waals surface area contributed by atoms with Crippen molar-refractivity contribution in [3.05, 3.63) is 96.1 Å². The zero-order valence-corrected chi connectivity index (χ0v) is 22.1. The van der Waals surface area contributed by atoms with Gasteiger partial charge in [0.2, 0.25) is 0 Å². The fraction of sp³-hybridized carbons (Fsp3) is 0.281. The predicted octanol–water partition coefficient (Wildman–Crippen LogP) is 6.34. The molecule has 0 saturated carbocycles. The van der Waals surface area contributed by atoms with Crippen LogP contribution >= 0.6 is 0 Å². The van der Waals surface area contributed by atoms with E-state index in [-0.39, 0.29) is 18.8 Å². The van der Waals surface area contributed by atoms with E-state index in [1.54, 1.807) is 0 Å². The fourth-order valence-corrected chi connectivity index (χ4v) is 5.05. The summed E-state index contributed by atoms with van der Waals surface area (Å²) in [6, 6.07) is 29.4. The highest BCUT2D eigenvalue weighted by Gasteiger charge is 2.27. The molecule has 1 aliphatic rings. The minimum atomic E-state index is -0.401. The van der Waals surface area contributed by atoms with Crippen molar-refractivity contribution in [2.75, 3.05) is 31.7 Å². The van der Waals surface area contributed by atoms with Crippen molar-refractivity contribution in [1.82, 2.24) is 5.32 Å². The van der Waals surface area contributed by atoms with Gasteiger partial charge in [-0.25, -0.2) is 4.79 Å². The van der Waals surface area contributed by atoms with Crippen molar-refractivity contribution in [3.63, 3.8) is 0 Å². The number of anilines is 2. The molecule has 1 aliphatic heterocycles. The number of para-hydroxylation sites is 2. The Morgan fingerprint density at radius 3 is 2.68 bits per heavy atom. The summed E-state index contributed by atoms with van der Waals surface area (Å²) in [5.74, 6) is 1.15. The summed E-state index contributed by atoms with van der Waals surface area (Å²) in [4.78, 5) is 13.8. The Morgan fingerprint density at radius 1 is 1.05 bits per heavy atom. The van der Waals surface area contributed by atoms with Crippen LogP contribution in [0.3, 0.4) is 0 Å². The van der Waals surface area contributed by atoms with Crippen molar-refractivity contribution in [1.29, 1.82) is 0 Å². The lowest BCUT2D eigenvalue weighted by molar-refractivity contribution is -0.142. The van der Waals surface area contributed by atoms with Crippen LogP contribution in [0.1, 0.15) is 30.5 Å². The van der Waals surface area contributed by atoms with E-state index in [9.17, 15) is 4.79 Å². The Labute approximate surface area is 224 Å². The van der Waals surface area contributed by atoms with Crippen LogP contribution in [0.15, 0.2) is 84.9 Å². The predicted molar refractivity (Wildman–Crippen MR) is 152 cm³/mol. The average molecular weight is 511 g/mol. The van der Waals surface area contributed by atoms with Crippen LogP contribution < -0.4 is 19.7 Å². The van der Waals surface area contributed by atoms with Crippen LogP contribution in [0.25, 0.3) is 10.8 Å². The second-order valence-corrected chi connectivity index (χ2v) is 9.67. The summed E-state index contributed by atoms with van der Waals surface area (Å²) in [5.41, 5.74) is 4.37. The van der Waals surface area contributed by atoms with Gasteiger partial charge < -0.3 is 24.4 Å². The number of fused-ring (bicyclic) bond motifs is 2. The molecule has 0 saturated heterocycles. The van der Waals surface area contributed by atoms with Gasteiger partial charge in [-0.15, -0.1) is 0 Å². The molecule has 38 heavy (non-hydrogen) atoms. The number of carbonyl (C=O) groups is 1. The number of nitrogens with one attached hydrogen (secondary N) is 1. The number of ether oxygens (including phenoxy) is 3. The van der Waals surface area contributed by atoms with Gasteiger partial charge in [0, 0.05) is 11.7 Å². The van der Waals surface area contributed by atoms with Crippen molar-refractivity contribution >= 4 is 28.1 Å². The highest BCUT2D eigenvalue weighted by atomic mass is 16.6. The molecule has 0 fully saturated rings. The van der Waals surface area contributed by atoms with Gasteiger partial charge in [0.1, 0.15) is 17.6 Å². The van der Waals surface area contributed by atoms with E-state index in [1.165, 1.54) is 23.4 Å². The van der Waals surface area contributed by atoms with Crippen molar-refractivity contribution in [3.8, 4) is 11.5 Å². The number of esters is 1. The third-order valence-electron chi connectivity index (χ3n) is 7.09. The number of aryl methyl sites for hydroxylation is 1. The molecule has 0 aromatic heterocycles. The maximum atomic E-state index is 11.5. The third kappa shape index (κ3) is 5.60. The molecule has 4 aromatic carbocycles. The first kappa shape index (κ1) is 25.6. The lowest BCUT2D eigenvalue weighted by atomic mass is 9.99. The molecule has 6 heteroatoms. The van der Waals surface area contributed by atoms with Gasteiger partial charge in [-0.1, -0.05) is 54.6 Å². The first-order valence-electron chi connectivity index (χ1n) is 13.1. The molecule has 0 aliphatic carbocycles. The molecular formula is C32H34N2O4. The number of hydrogen-bond acceptors (Lipinski definition) is 6. The van der Waals surface area contributed by atoms with Gasteiger partial charge in [0.05, 0.1) is 19.3 Å². The first-order chi connectivity index (χ1) is 18.5. The maximum Gasteiger partial charge on any atom is 0.343 e. The minimum Gasteiger partial charge on any atom is -0.486 e. The van der Waals surface area contributed by atoms with Gasteiger partial charge in [0.25, 0.3) is 0 Å². The average Bonchev–Trinajstić information content (AvgIpc) is 2.95. The Hall–Kier alpha value is -4.03. The van der Waals surface area contributed by atoms with E-state index >= 15 is 0 Å². The Bertz CT molecular complexity index is 1410. The second kappa shape index (κ2) is 11.6. The zero-order chi connectivity index (χ0) is 26.5. The molecular weight excluding hydrogens is 476 g/mol. The van der Waals surface area contributed by atoms with Crippen LogP contribution in [-0.2, 0) is 9.53 Å². The summed E-state index contributed by atoms with van der Waals surface area (Å²) in [7, 11) is 1.35. The smallest absolute Gasteiger partial charge is 0.343 e. The number of nitrogens with zero attached hydrogens (tertiary/aromatic N) is 1. The molecule has 6 nitrogen and oxygen atoms in total. The zero-order valence-electron chi connectivity index (χ0n) is 22.1. The lowest BCUT2D eigenvalue weighted by Gasteiger charge is -2.37. The topological polar surface area (TPSA) is 60.0 Å². The molecule has 2 unspecified atom stereocenters. The molecule has 196 valence electrons. The number of carbonyl (C=O) groups excluding carboxylic acids is 1. The molecule has 2 atom stereocenters. The number of rotatable bonds is 9. The van der Waals surface area contributed by atoms with Crippen LogP contribution in [0, 0.1) is 6.92 Å². The van der Waals surface area contributed by atoms with E-state index in [2.05, 4.69) is 76.5 Å². The van der Waals surface area contributed by atoms with E-state index in [0.717, 1.165) is 42.2 Å². The van der Waals surface area contributed by atoms with E-state index in [0.29, 0.717) is 5.75 Å². The van der Waals surface area contributed by atoms with E-state index in [4.69, 9.17) is 9.47 Å². The maximum absolute atomic E-state index is 11.5. The molecule has 0 spiro atoms. The largest absolute Gasteiger partial charge is 0.486 e. The minimum absolute atomic E-state index is 0.0349. The molecule has 0 bridgehead atoms. The fourth-order valence-electron chi connectivity index (χ4n) is 5.05. The SMILES string of the molecule is COC(=O)COc1ccc(N2CC(CCNC(C)c3cccc4ccccc34)Oc3ccccc32)cc1C. The molecule has 0 radical (unpaired) electrons. The number of hydrogen-bond donors (Lipinski definition) is 1. The van der Waals surface area contributed by atoms with Crippen molar-refractivity contribution < 1.29 is 19.0 Å². The van der Waals surface area contributed by atoms with Crippen LogP contribution in [0.5, 0.6) is 11.5 Å². The summed E-state index contributed by atoms with van der Waals surface area (Å²) in [6.07, 6.45) is 0.909. The quantitative estimate of drug-likeness (QED) is 0.265. The lowest BCUT2D eigenvalue weighted by Crippen LogP contribution is -2.39. The molecule has 1 heterocycles. The van der Waals surface area contributed by atoms with Gasteiger partial charge >= 0.3 is 5.97 Å². The highest BCUT2D eigenvalue weighted by Crippen LogP contribution is 2.39. The monoisotopic (exact) mass is 510 g/mol. The van der Waals surface area contributed by atoms with Gasteiger partial charge in [-0.05, 0) is 79.0 Å². The molecule has 0 amide bonds. The third-order valence-corrected chi connectivity index (χ3v) is 7.09. The van der Waals surface area contributed by atoms with E-state index in [1.807, 2.05) is 37.3 Å². The Kier molecular flexibility index (Phi) is 7.80. The summed E-state index contributed by atoms with van der Waals surface area (Å²) < 4.78 is 16.7.